The first-order chi connectivity index (χ1) is 32.8. The van der Waals surface area contributed by atoms with E-state index in [1.807, 2.05) is 72.1 Å². The van der Waals surface area contributed by atoms with Crippen molar-refractivity contribution in [3.05, 3.63) is 83.9 Å². The molecule has 0 bridgehead atoms. The van der Waals surface area contributed by atoms with E-state index in [1.54, 1.807) is 50.7 Å². The molecule has 1 aliphatic rings. The summed E-state index contributed by atoms with van der Waals surface area (Å²) in [5.41, 5.74) is 17.7. The number of ether oxygens (including phenoxy) is 1. The van der Waals surface area contributed by atoms with Crippen LogP contribution in [-0.2, 0) is 0 Å². The average Bonchev–Trinajstić information content (AvgIpc) is 4.14. The summed E-state index contributed by atoms with van der Waals surface area (Å²) in [4.78, 5) is 71.5. The van der Waals surface area contributed by atoms with Gasteiger partial charge in [-0.1, -0.05) is 14.9 Å². The number of nitrogens with zero attached hydrogens (tertiary/aromatic N) is 16. The molecule has 0 fully saturated rings. The van der Waals surface area contributed by atoms with Crippen molar-refractivity contribution < 1.29 is 9.53 Å². The Balaban J connectivity index is 0.000000192. The van der Waals surface area contributed by atoms with Gasteiger partial charge in [0.15, 0.2) is 45.3 Å². The molecule has 0 amide bonds. The molecule has 0 aliphatic carbocycles. The van der Waals surface area contributed by atoms with Crippen LogP contribution in [0, 0.1) is 13.8 Å². The van der Waals surface area contributed by atoms with Crippen LogP contribution in [0.25, 0.3) is 44.5 Å². The standard InChI is InChI=1S/C11H16N4O.C9H12N4O.2C9H12N4.C9H11N3O.2CH4/c1-5-16-11-9-10(13-8(4)14-11)15(6-12-9)7(2)3;1-5(2)13-4-10-7-8(13)11-6(3)12-9(7)14;1-6(2)13-5-12-8-7(10)3-4-11-9(8)13;1-6(2)13-4-3-7-8(10)11-5-12-9(7)13;1-6(2)12-5-11-8-7(13)3-4-10-9(8)12;;/h6-7H,5H2,1-4H3;4-5H,1-3H3,(H,11,12,14);3-6H,1-2H3,(H2,10,11);3-6H,1-2H3,(H2,10,11,12);4-6H,3H2,1-2H3;2*1H4. The van der Waals surface area contributed by atoms with E-state index >= 15 is 0 Å². The summed E-state index contributed by atoms with van der Waals surface area (Å²) in [6.45, 7) is 26.9. The maximum absolute atomic E-state index is 11.5. The molecule has 9 aromatic rings. The number of anilines is 2. The van der Waals surface area contributed by atoms with Gasteiger partial charge in [-0.25, -0.2) is 49.8 Å². The van der Waals surface area contributed by atoms with Crippen LogP contribution in [0.1, 0.15) is 150 Å². The van der Waals surface area contributed by atoms with Gasteiger partial charge in [-0.15, -0.1) is 0 Å². The number of aromatic nitrogens is 16. The third kappa shape index (κ3) is 12.5. The van der Waals surface area contributed by atoms with Crippen LogP contribution in [0.15, 0.2) is 65.9 Å². The molecule has 0 saturated carbocycles. The smallest absolute Gasteiger partial charge is 0.279 e. The van der Waals surface area contributed by atoms with Crippen LogP contribution in [0.3, 0.4) is 0 Å². The fraction of sp³-hybridized carbons (Fsp3) is 0.449. The van der Waals surface area contributed by atoms with Gasteiger partial charge in [0.1, 0.15) is 35.0 Å². The van der Waals surface area contributed by atoms with E-state index in [-0.39, 0.29) is 32.2 Å². The molecule has 5 N–H and O–H groups in total. The number of hydrogen-bond acceptors (Lipinski definition) is 16. The zero-order valence-corrected chi connectivity index (χ0v) is 41.6. The molecule has 380 valence electrons. The molecular formula is C49H71N19O3. The highest BCUT2D eigenvalue weighted by atomic mass is 16.5. The van der Waals surface area contributed by atoms with Gasteiger partial charge in [0, 0.05) is 55.2 Å². The van der Waals surface area contributed by atoms with Crippen molar-refractivity contribution >= 4 is 73.8 Å². The van der Waals surface area contributed by atoms with E-state index in [9.17, 15) is 9.59 Å². The Morgan fingerprint density at radius 1 is 0.634 bits per heavy atom. The summed E-state index contributed by atoms with van der Waals surface area (Å²) in [5, 5.41) is 0.927. The molecule has 0 saturated heterocycles. The number of Topliss-reactive ketones (excluding diaryl/α,β-unsaturated/α-hetero) is 1. The van der Waals surface area contributed by atoms with Gasteiger partial charge in [-0.2, -0.15) is 4.98 Å². The number of rotatable bonds is 7. The number of nitrogen functional groups attached to an aromatic ring is 2. The Bertz CT molecular complexity index is 3190. The lowest BCUT2D eigenvalue weighted by atomic mass is 10.2. The molecule has 71 heavy (non-hydrogen) atoms. The van der Waals surface area contributed by atoms with Gasteiger partial charge in [-0.05, 0) is 102 Å². The lowest BCUT2D eigenvalue weighted by Gasteiger charge is -2.10. The quantitative estimate of drug-likeness (QED) is 0.134. The number of imidazole rings is 4. The lowest BCUT2D eigenvalue weighted by Crippen LogP contribution is -2.11. The van der Waals surface area contributed by atoms with Crippen molar-refractivity contribution in [3.63, 3.8) is 0 Å². The molecule has 0 unspecified atom stereocenters. The first-order valence-electron chi connectivity index (χ1n) is 22.9. The maximum Gasteiger partial charge on any atom is 0.279 e. The van der Waals surface area contributed by atoms with Crippen molar-refractivity contribution in [2.24, 2.45) is 4.99 Å². The fourth-order valence-corrected chi connectivity index (χ4v) is 7.13. The fourth-order valence-electron chi connectivity index (χ4n) is 7.13. The van der Waals surface area contributed by atoms with Gasteiger partial charge in [0.2, 0.25) is 5.88 Å². The van der Waals surface area contributed by atoms with Crippen molar-refractivity contribution in [2.75, 3.05) is 18.1 Å². The molecule has 22 heteroatoms. The van der Waals surface area contributed by atoms with Gasteiger partial charge in [-0.3, -0.25) is 9.59 Å². The number of H-pyrrole nitrogens is 1. The van der Waals surface area contributed by atoms with Gasteiger partial charge < -0.3 is 44.0 Å². The van der Waals surface area contributed by atoms with Crippen molar-refractivity contribution in [1.29, 1.82) is 0 Å². The van der Waals surface area contributed by atoms with Gasteiger partial charge in [0.05, 0.1) is 43.0 Å². The van der Waals surface area contributed by atoms with Crippen LogP contribution in [-0.4, -0.2) is 96.3 Å². The first-order valence-corrected chi connectivity index (χ1v) is 22.9. The Morgan fingerprint density at radius 2 is 1.20 bits per heavy atom. The molecule has 0 radical (unpaired) electrons. The number of hydrogen-bond donors (Lipinski definition) is 3. The molecular weight excluding hydrogens is 903 g/mol. The van der Waals surface area contributed by atoms with E-state index in [0.29, 0.717) is 88.9 Å². The molecule has 9 aromatic heterocycles. The van der Waals surface area contributed by atoms with Crippen molar-refractivity contribution in [3.8, 4) is 5.88 Å². The third-order valence-electron chi connectivity index (χ3n) is 10.7. The normalized spacial score (nSPS) is 11.7. The van der Waals surface area contributed by atoms with E-state index < -0.39 is 0 Å². The summed E-state index contributed by atoms with van der Waals surface area (Å²) < 4.78 is 15.4. The van der Waals surface area contributed by atoms with Crippen LogP contribution >= 0.6 is 0 Å². The number of aromatic amines is 1. The predicted molar refractivity (Wildman–Crippen MR) is 283 cm³/mol. The number of pyridine rings is 1. The predicted octanol–water partition coefficient (Wildman–Crippen LogP) is 9.34. The SMILES string of the molecule is C.C.CC(C)n1ccc2c(N)ncnc21.CC(C)n1cnc2c(N)ccnc21.CC(C)n1cnc2c1N=CCC2=O.CCOc1nc(C)nc2c1ncn2C(C)C.Cc1nc2c(ncn2C(C)C)c(=O)[nH]1. The summed E-state index contributed by atoms with van der Waals surface area (Å²) in [6, 6.07) is 5.35. The van der Waals surface area contributed by atoms with E-state index in [0.717, 1.165) is 33.4 Å². The Kier molecular flexibility index (Phi) is 18.9. The Morgan fingerprint density at radius 3 is 1.80 bits per heavy atom. The number of carbonyl (C=O) groups excluding carboxylic acids is 1. The second-order valence-corrected chi connectivity index (χ2v) is 17.5. The summed E-state index contributed by atoms with van der Waals surface area (Å²) >= 11 is 0. The van der Waals surface area contributed by atoms with Crippen LogP contribution in [0.4, 0.5) is 17.3 Å². The number of ketones is 1. The third-order valence-corrected chi connectivity index (χ3v) is 10.7. The second-order valence-electron chi connectivity index (χ2n) is 17.5. The molecule has 1 aliphatic heterocycles. The number of nitrogens with one attached hydrogen (secondary N) is 1. The number of fused-ring (bicyclic) bond motifs is 5. The monoisotopic (exact) mass is 974 g/mol. The lowest BCUT2D eigenvalue weighted by molar-refractivity contribution is 0.0996. The average molecular weight is 974 g/mol. The highest BCUT2D eigenvalue weighted by molar-refractivity contribution is 6.08. The number of aliphatic imine (C=N–C) groups is 1. The second kappa shape index (κ2) is 24.1. The van der Waals surface area contributed by atoms with Crippen LogP contribution < -0.4 is 21.8 Å². The van der Waals surface area contributed by atoms with Crippen molar-refractivity contribution in [2.45, 2.75) is 141 Å². The van der Waals surface area contributed by atoms with E-state index in [4.69, 9.17) is 16.2 Å². The summed E-state index contributed by atoms with van der Waals surface area (Å²) in [7, 11) is 0. The number of nitrogens with two attached hydrogens (primary N) is 2. The van der Waals surface area contributed by atoms with Crippen LogP contribution in [0.2, 0.25) is 0 Å². The minimum atomic E-state index is -0.174. The molecule has 0 atom stereocenters. The first kappa shape index (κ1) is 55.7. The summed E-state index contributed by atoms with van der Waals surface area (Å²) in [6.07, 6.45) is 14.1. The zero-order chi connectivity index (χ0) is 50.3. The van der Waals surface area contributed by atoms with Gasteiger partial charge in [0.25, 0.3) is 5.56 Å². The molecule has 10 heterocycles. The minimum absolute atomic E-state index is 0. The molecule has 0 spiro atoms. The highest BCUT2D eigenvalue weighted by Gasteiger charge is 2.21. The summed E-state index contributed by atoms with van der Waals surface area (Å²) in [5.74, 6) is 3.20. The topological polar surface area (TPSA) is 277 Å². The zero-order valence-electron chi connectivity index (χ0n) is 41.6. The Hall–Kier alpha value is -7.91. The Labute approximate surface area is 414 Å². The molecule has 10 rings (SSSR count). The highest BCUT2D eigenvalue weighted by Crippen LogP contribution is 2.27. The molecule has 0 aromatic carbocycles. The number of carbonyl (C=O) groups is 1. The number of aryl methyl sites for hydroxylation is 2. The van der Waals surface area contributed by atoms with Gasteiger partial charge >= 0.3 is 0 Å². The maximum atomic E-state index is 11.5. The molecule has 22 nitrogen and oxygen atoms in total. The largest absolute Gasteiger partial charge is 0.476 e. The van der Waals surface area contributed by atoms with E-state index in [2.05, 4.69) is 106 Å². The minimum Gasteiger partial charge on any atom is -0.476 e. The van der Waals surface area contributed by atoms with Crippen LogP contribution in [0.5, 0.6) is 5.88 Å². The van der Waals surface area contributed by atoms with E-state index in [1.165, 1.54) is 6.33 Å². The van der Waals surface area contributed by atoms with Crippen molar-refractivity contribution in [1.82, 2.24) is 77.7 Å².